The van der Waals surface area contributed by atoms with Crippen LogP contribution in [0.4, 0.5) is 0 Å². The molecule has 0 aliphatic heterocycles. The van der Waals surface area contributed by atoms with Gasteiger partial charge >= 0.3 is 0 Å². The minimum Gasteiger partial charge on any atom is -0.497 e. The lowest BCUT2D eigenvalue weighted by Gasteiger charge is -2.01. The first kappa shape index (κ1) is 9.82. The highest BCUT2D eigenvalue weighted by atomic mass is 16.5. The third-order valence-corrected chi connectivity index (χ3v) is 1.24. The van der Waals surface area contributed by atoms with Crippen LogP contribution in [-0.2, 0) is 9.47 Å². The van der Waals surface area contributed by atoms with Crippen molar-refractivity contribution < 1.29 is 9.47 Å². The van der Waals surface area contributed by atoms with Crippen LogP contribution in [0.1, 0.15) is 6.92 Å². The van der Waals surface area contributed by atoms with Crippen LogP contribution < -0.4 is 0 Å². The van der Waals surface area contributed by atoms with E-state index >= 15 is 0 Å². The first-order chi connectivity index (χ1) is 5.28. The Bertz CT molecular complexity index is 178. The third-order valence-electron chi connectivity index (χ3n) is 1.24. The molecule has 0 radical (unpaired) electrons. The Balaban J connectivity index is 4.35. The van der Waals surface area contributed by atoms with Crippen molar-refractivity contribution in [2.24, 2.45) is 0 Å². The summed E-state index contributed by atoms with van der Waals surface area (Å²) in [5.74, 6) is 1.46. The summed E-state index contributed by atoms with van der Waals surface area (Å²) in [6.45, 7) is 5.47. The highest BCUT2D eigenvalue weighted by Gasteiger charge is 1.91. The Morgan fingerprint density at radius 3 is 2.00 bits per heavy atom. The molecule has 2 nitrogen and oxygen atoms in total. The summed E-state index contributed by atoms with van der Waals surface area (Å²) in [5, 5.41) is 0. The van der Waals surface area contributed by atoms with Crippen molar-refractivity contribution in [3.63, 3.8) is 0 Å². The highest BCUT2D eigenvalue weighted by Crippen LogP contribution is 2.04. The zero-order valence-electron chi connectivity index (χ0n) is 7.26. The Labute approximate surface area is 67.8 Å². The zero-order chi connectivity index (χ0) is 8.69. The smallest absolute Gasteiger partial charge is 0.121 e. The first-order valence-corrected chi connectivity index (χ1v) is 3.37. The molecule has 0 bridgehead atoms. The Kier molecular flexibility index (Phi) is 4.99. The first-order valence-electron chi connectivity index (χ1n) is 3.37. The maximum absolute atomic E-state index is 4.99. The van der Waals surface area contributed by atoms with Crippen molar-refractivity contribution in [1.29, 1.82) is 0 Å². The maximum Gasteiger partial charge on any atom is 0.121 e. The molecule has 2 heteroatoms. The molecule has 0 saturated carbocycles. The molecule has 0 aromatic heterocycles. The summed E-state index contributed by atoms with van der Waals surface area (Å²) in [4.78, 5) is 0. The Hall–Kier alpha value is -1.18. The summed E-state index contributed by atoms with van der Waals surface area (Å²) < 4.78 is 9.95. The van der Waals surface area contributed by atoms with E-state index in [-0.39, 0.29) is 0 Å². The van der Waals surface area contributed by atoms with E-state index < -0.39 is 0 Å². The quantitative estimate of drug-likeness (QED) is 0.456. The molecule has 0 aliphatic carbocycles. The standard InChI is InChI=1S/C9H14O2/c1-5-8(10-3)7-9(6-2)11-4/h5-7H,1H2,2-4H3/b8-7+,9-6-. The summed E-state index contributed by atoms with van der Waals surface area (Å²) in [5.41, 5.74) is 0. The van der Waals surface area contributed by atoms with Gasteiger partial charge in [-0.05, 0) is 19.1 Å². The van der Waals surface area contributed by atoms with E-state index in [1.165, 1.54) is 0 Å². The van der Waals surface area contributed by atoms with Gasteiger partial charge in [-0.15, -0.1) is 0 Å². The van der Waals surface area contributed by atoms with Crippen LogP contribution in [0.2, 0.25) is 0 Å². The summed E-state index contributed by atoms with van der Waals surface area (Å²) in [6.07, 6.45) is 5.25. The number of allylic oxidation sites excluding steroid dienone is 3. The fourth-order valence-corrected chi connectivity index (χ4v) is 0.602. The third kappa shape index (κ3) is 3.50. The predicted molar refractivity (Wildman–Crippen MR) is 46.1 cm³/mol. The normalized spacial score (nSPS) is 12.6. The SMILES string of the molecule is C=C/C(=C\C(=C\C)OC)OC. The van der Waals surface area contributed by atoms with Crippen LogP contribution in [0.25, 0.3) is 0 Å². The summed E-state index contributed by atoms with van der Waals surface area (Å²) in [6, 6.07) is 0. The van der Waals surface area contributed by atoms with E-state index in [4.69, 9.17) is 9.47 Å². The van der Waals surface area contributed by atoms with Gasteiger partial charge in [-0.2, -0.15) is 0 Å². The molecule has 0 spiro atoms. The van der Waals surface area contributed by atoms with Gasteiger partial charge in [-0.3, -0.25) is 0 Å². The number of hydrogen-bond donors (Lipinski definition) is 0. The van der Waals surface area contributed by atoms with E-state index in [0.717, 1.165) is 5.76 Å². The molecule has 0 saturated heterocycles. The minimum atomic E-state index is 0.694. The number of ether oxygens (including phenoxy) is 2. The van der Waals surface area contributed by atoms with Crippen LogP contribution in [0.15, 0.2) is 36.3 Å². The van der Waals surface area contributed by atoms with Crippen LogP contribution in [-0.4, -0.2) is 14.2 Å². The van der Waals surface area contributed by atoms with Gasteiger partial charge < -0.3 is 9.47 Å². The van der Waals surface area contributed by atoms with Gasteiger partial charge in [0.05, 0.1) is 14.2 Å². The molecular formula is C9H14O2. The topological polar surface area (TPSA) is 18.5 Å². The molecule has 0 aliphatic rings. The van der Waals surface area contributed by atoms with Crippen molar-refractivity contribution in [2.45, 2.75) is 6.92 Å². The van der Waals surface area contributed by atoms with E-state index in [0.29, 0.717) is 5.76 Å². The Morgan fingerprint density at radius 2 is 1.73 bits per heavy atom. The van der Waals surface area contributed by atoms with Crippen molar-refractivity contribution in [2.75, 3.05) is 14.2 Å². The maximum atomic E-state index is 4.99. The second-order valence-corrected chi connectivity index (χ2v) is 1.85. The molecule has 0 fully saturated rings. The van der Waals surface area contributed by atoms with Gasteiger partial charge in [-0.25, -0.2) is 0 Å². The van der Waals surface area contributed by atoms with E-state index in [1.807, 2.05) is 13.0 Å². The molecule has 0 aromatic carbocycles. The molecule has 11 heavy (non-hydrogen) atoms. The molecule has 0 rings (SSSR count). The Morgan fingerprint density at radius 1 is 1.18 bits per heavy atom. The van der Waals surface area contributed by atoms with Crippen molar-refractivity contribution >= 4 is 0 Å². The number of methoxy groups -OCH3 is 2. The van der Waals surface area contributed by atoms with E-state index in [2.05, 4.69) is 6.58 Å². The van der Waals surface area contributed by atoms with Gasteiger partial charge in [0.1, 0.15) is 11.5 Å². The highest BCUT2D eigenvalue weighted by molar-refractivity contribution is 5.20. The van der Waals surface area contributed by atoms with Crippen molar-refractivity contribution in [1.82, 2.24) is 0 Å². The fourth-order valence-electron chi connectivity index (χ4n) is 0.602. The molecular weight excluding hydrogens is 140 g/mol. The fraction of sp³-hybridized carbons (Fsp3) is 0.333. The summed E-state index contributed by atoms with van der Waals surface area (Å²) in [7, 11) is 3.21. The molecule has 62 valence electrons. The monoisotopic (exact) mass is 154 g/mol. The lowest BCUT2D eigenvalue weighted by molar-refractivity contribution is 0.285. The molecule has 0 amide bonds. The average molecular weight is 154 g/mol. The molecule has 0 atom stereocenters. The van der Waals surface area contributed by atoms with Gasteiger partial charge in [0.25, 0.3) is 0 Å². The van der Waals surface area contributed by atoms with Crippen LogP contribution in [0.3, 0.4) is 0 Å². The van der Waals surface area contributed by atoms with Crippen molar-refractivity contribution in [3.8, 4) is 0 Å². The second kappa shape index (κ2) is 5.59. The average Bonchev–Trinajstić information content (AvgIpc) is 2.07. The van der Waals surface area contributed by atoms with Crippen molar-refractivity contribution in [3.05, 3.63) is 36.3 Å². The van der Waals surface area contributed by atoms with Crippen LogP contribution in [0, 0.1) is 0 Å². The lowest BCUT2D eigenvalue weighted by Crippen LogP contribution is -1.86. The van der Waals surface area contributed by atoms with E-state index in [9.17, 15) is 0 Å². The lowest BCUT2D eigenvalue weighted by atomic mass is 10.3. The molecule has 0 unspecified atom stereocenters. The zero-order valence-corrected chi connectivity index (χ0v) is 7.26. The van der Waals surface area contributed by atoms with Gasteiger partial charge in [0.15, 0.2) is 0 Å². The second-order valence-electron chi connectivity index (χ2n) is 1.85. The van der Waals surface area contributed by atoms with Gasteiger partial charge in [0, 0.05) is 6.08 Å². The molecule has 0 aromatic rings. The van der Waals surface area contributed by atoms with Gasteiger partial charge in [0.2, 0.25) is 0 Å². The van der Waals surface area contributed by atoms with Crippen LogP contribution >= 0.6 is 0 Å². The van der Waals surface area contributed by atoms with E-state index in [1.54, 1.807) is 26.4 Å². The summed E-state index contributed by atoms with van der Waals surface area (Å²) >= 11 is 0. The van der Waals surface area contributed by atoms with Crippen LogP contribution in [0.5, 0.6) is 0 Å². The predicted octanol–water partition coefficient (Wildman–Crippen LogP) is 2.25. The largest absolute Gasteiger partial charge is 0.497 e. The molecule has 0 N–H and O–H groups in total. The molecule has 0 heterocycles. The van der Waals surface area contributed by atoms with Gasteiger partial charge in [-0.1, -0.05) is 6.58 Å². The number of rotatable bonds is 4. The minimum absolute atomic E-state index is 0.694. The number of hydrogen-bond acceptors (Lipinski definition) is 2.